The monoisotopic (exact) mass is 303 g/mol. The van der Waals surface area contributed by atoms with Gasteiger partial charge in [-0.05, 0) is 25.3 Å². The molecule has 0 aliphatic heterocycles. The number of aromatic nitrogens is 4. The Morgan fingerprint density at radius 2 is 2.27 bits per heavy atom. The van der Waals surface area contributed by atoms with Crippen molar-refractivity contribution in [2.24, 2.45) is 14.1 Å². The Bertz CT molecular complexity index is 648. The third kappa shape index (κ3) is 3.29. The van der Waals surface area contributed by atoms with Crippen LogP contribution in [-0.2, 0) is 25.3 Å². The third-order valence-electron chi connectivity index (χ3n) is 4.03. The van der Waals surface area contributed by atoms with Gasteiger partial charge < -0.3 is 10.1 Å². The van der Waals surface area contributed by atoms with Crippen molar-refractivity contribution in [2.75, 3.05) is 0 Å². The standard InChI is InChI=1S/C15H21N5O2/c1-19-10-12(9-17-19)22-14-5-3-4-13(14)18-15(21)8-11-6-7-16-20(11)2/h6-7,9-10,13-14H,3-5,8H2,1-2H3,(H,18,21)/t13-,14+/m0/s1. The number of aryl methyl sites for hydroxylation is 2. The minimum Gasteiger partial charge on any atom is -0.485 e. The first-order valence-electron chi connectivity index (χ1n) is 7.53. The predicted molar refractivity (Wildman–Crippen MR) is 80.3 cm³/mol. The summed E-state index contributed by atoms with van der Waals surface area (Å²) in [6, 6.07) is 1.92. The van der Waals surface area contributed by atoms with Gasteiger partial charge in [0.1, 0.15) is 6.10 Å². The van der Waals surface area contributed by atoms with Crippen LogP contribution in [0.1, 0.15) is 25.0 Å². The van der Waals surface area contributed by atoms with Crippen LogP contribution in [-0.4, -0.2) is 37.6 Å². The fraction of sp³-hybridized carbons (Fsp3) is 0.533. The summed E-state index contributed by atoms with van der Waals surface area (Å²) >= 11 is 0. The van der Waals surface area contributed by atoms with Crippen LogP contribution >= 0.6 is 0 Å². The molecule has 22 heavy (non-hydrogen) atoms. The molecule has 0 saturated heterocycles. The quantitative estimate of drug-likeness (QED) is 0.887. The van der Waals surface area contributed by atoms with E-state index in [0.29, 0.717) is 6.42 Å². The molecule has 118 valence electrons. The van der Waals surface area contributed by atoms with E-state index in [0.717, 1.165) is 30.7 Å². The molecule has 0 bridgehead atoms. The van der Waals surface area contributed by atoms with Crippen LogP contribution < -0.4 is 10.1 Å². The molecular weight excluding hydrogens is 282 g/mol. The minimum absolute atomic E-state index is 0.00952. The molecule has 0 radical (unpaired) electrons. The molecule has 2 aromatic heterocycles. The number of nitrogens with zero attached hydrogens (tertiary/aromatic N) is 4. The molecule has 2 aromatic rings. The van der Waals surface area contributed by atoms with Crippen LogP contribution in [0, 0.1) is 0 Å². The van der Waals surface area contributed by atoms with Crippen molar-refractivity contribution in [1.29, 1.82) is 0 Å². The van der Waals surface area contributed by atoms with Gasteiger partial charge in [0.25, 0.3) is 0 Å². The molecule has 1 aliphatic carbocycles. The van der Waals surface area contributed by atoms with Gasteiger partial charge in [0.2, 0.25) is 5.91 Å². The van der Waals surface area contributed by atoms with Crippen LogP contribution in [0.4, 0.5) is 0 Å². The lowest BCUT2D eigenvalue weighted by Crippen LogP contribution is -2.43. The third-order valence-corrected chi connectivity index (χ3v) is 4.03. The maximum atomic E-state index is 12.2. The van der Waals surface area contributed by atoms with Crippen molar-refractivity contribution >= 4 is 5.91 Å². The number of nitrogens with one attached hydrogen (secondary N) is 1. The number of amides is 1. The largest absolute Gasteiger partial charge is 0.485 e. The highest BCUT2D eigenvalue weighted by Crippen LogP contribution is 2.24. The molecule has 2 heterocycles. The summed E-state index contributed by atoms with van der Waals surface area (Å²) in [7, 11) is 3.70. The van der Waals surface area contributed by atoms with E-state index in [1.54, 1.807) is 21.8 Å². The molecule has 7 heteroatoms. The van der Waals surface area contributed by atoms with Crippen molar-refractivity contribution in [3.8, 4) is 5.75 Å². The molecule has 7 nitrogen and oxygen atoms in total. The molecular formula is C15H21N5O2. The predicted octanol–water partition coefficient (Wildman–Crippen LogP) is 0.812. The number of rotatable bonds is 5. The summed E-state index contributed by atoms with van der Waals surface area (Å²) in [6.07, 6.45) is 8.55. The average Bonchev–Trinajstić information content (AvgIpc) is 3.16. The van der Waals surface area contributed by atoms with Crippen LogP contribution in [0.3, 0.4) is 0 Å². The van der Waals surface area contributed by atoms with E-state index in [9.17, 15) is 4.79 Å². The van der Waals surface area contributed by atoms with Crippen molar-refractivity contribution in [2.45, 2.75) is 37.8 Å². The lowest BCUT2D eigenvalue weighted by Gasteiger charge is -2.21. The second kappa shape index (κ2) is 6.21. The maximum Gasteiger partial charge on any atom is 0.226 e. The summed E-state index contributed by atoms with van der Waals surface area (Å²) in [4.78, 5) is 12.2. The molecule has 2 atom stereocenters. The smallest absolute Gasteiger partial charge is 0.226 e. The molecule has 3 rings (SSSR count). The SMILES string of the molecule is Cn1cc(O[C@@H]2CCC[C@@H]2NC(=O)Cc2ccnn2C)cn1. The number of ether oxygens (including phenoxy) is 1. The van der Waals surface area contributed by atoms with E-state index in [-0.39, 0.29) is 18.1 Å². The Labute approximate surface area is 129 Å². The second-order valence-electron chi connectivity index (χ2n) is 5.73. The van der Waals surface area contributed by atoms with Gasteiger partial charge in [0, 0.05) is 26.0 Å². The highest BCUT2D eigenvalue weighted by Gasteiger charge is 2.30. The maximum absolute atomic E-state index is 12.2. The van der Waals surface area contributed by atoms with E-state index in [2.05, 4.69) is 15.5 Å². The van der Waals surface area contributed by atoms with Gasteiger partial charge in [0.15, 0.2) is 5.75 Å². The molecule has 1 fully saturated rings. The van der Waals surface area contributed by atoms with Crippen molar-refractivity contribution < 1.29 is 9.53 Å². The van der Waals surface area contributed by atoms with Gasteiger partial charge >= 0.3 is 0 Å². The highest BCUT2D eigenvalue weighted by molar-refractivity contribution is 5.78. The fourth-order valence-electron chi connectivity index (χ4n) is 2.86. The van der Waals surface area contributed by atoms with E-state index < -0.39 is 0 Å². The van der Waals surface area contributed by atoms with Crippen LogP contribution in [0.5, 0.6) is 5.75 Å². The summed E-state index contributed by atoms with van der Waals surface area (Å²) in [5.41, 5.74) is 0.903. The number of hydrogen-bond donors (Lipinski definition) is 1. The zero-order valence-electron chi connectivity index (χ0n) is 12.9. The lowest BCUT2D eigenvalue weighted by molar-refractivity contribution is -0.121. The van der Waals surface area contributed by atoms with Crippen molar-refractivity contribution in [3.05, 3.63) is 30.4 Å². The fourth-order valence-corrected chi connectivity index (χ4v) is 2.86. The first-order valence-corrected chi connectivity index (χ1v) is 7.53. The normalized spacial score (nSPS) is 21.0. The van der Waals surface area contributed by atoms with E-state index in [4.69, 9.17) is 4.74 Å². The Hall–Kier alpha value is -2.31. The summed E-state index contributed by atoms with van der Waals surface area (Å²) in [6.45, 7) is 0. The van der Waals surface area contributed by atoms with Crippen molar-refractivity contribution in [3.63, 3.8) is 0 Å². The first-order chi connectivity index (χ1) is 10.6. The van der Waals surface area contributed by atoms with E-state index >= 15 is 0 Å². The zero-order valence-corrected chi connectivity index (χ0v) is 12.9. The topological polar surface area (TPSA) is 74.0 Å². The Kier molecular flexibility index (Phi) is 4.13. The molecule has 1 saturated carbocycles. The van der Waals surface area contributed by atoms with Gasteiger partial charge in [-0.1, -0.05) is 0 Å². The van der Waals surface area contributed by atoms with E-state index in [1.807, 2.05) is 26.4 Å². The van der Waals surface area contributed by atoms with Crippen LogP contribution in [0.25, 0.3) is 0 Å². The van der Waals surface area contributed by atoms with Crippen LogP contribution in [0.2, 0.25) is 0 Å². The zero-order chi connectivity index (χ0) is 15.5. The number of carbonyl (C=O) groups is 1. The second-order valence-corrected chi connectivity index (χ2v) is 5.73. The Morgan fingerprint density at radius 1 is 1.41 bits per heavy atom. The highest BCUT2D eigenvalue weighted by atomic mass is 16.5. The molecule has 0 unspecified atom stereocenters. The summed E-state index contributed by atoms with van der Waals surface area (Å²) in [5, 5.41) is 11.3. The lowest BCUT2D eigenvalue weighted by atomic mass is 10.2. The molecule has 0 aromatic carbocycles. The van der Waals surface area contributed by atoms with Gasteiger partial charge in [-0.3, -0.25) is 14.2 Å². The van der Waals surface area contributed by atoms with Crippen LogP contribution in [0.15, 0.2) is 24.7 Å². The molecule has 1 aliphatic rings. The minimum atomic E-state index is 0.00952. The average molecular weight is 303 g/mol. The van der Waals surface area contributed by atoms with Crippen molar-refractivity contribution in [1.82, 2.24) is 24.9 Å². The van der Waals surface area contributed by atoms with E-state index in [1.165, 1.54) is 0 Å². The van der Waals surface area contributed by atoms with Gasteiger partial charge in [-0.15, -0.1) is 0 Å². The number of carbonyl (C=O) groups excluding carboxylic acids is 1. The first kappa shape index (κ1) is 14.6. The van der Waals surface area contributed by atoms with Gasteiger partial charge in [0.05, 0.1) is 24.9 Å². The molecule has 0 spiro atoms. The molecule has 1 amide bonds. The number of hydrogen-bond acceptors (Lipinski definition) is 4. The molecule has 1 N–H and O–H groups in total. The Morgan fingerprint density at radius 3 is 2.95 bits per heavy atom. The Balaban J connectivity index is 1.56. The van der Waals surface area contributed by atoms with Gasteiger partial charge in [-0.25, -0.2) is 0 Å². The summed E-state index contributed by atoms with van der Waals surface area (Å²) < 4.78 is 9.38. The summed E-state index contributed by atoms with van der Waals surface area (Å²) in [5.74, 6) is 0.760. The van der Waals surface area contributed by atoms with Gasteiger partial charge in [-0.2, -0.15) is 10.2 Å².